The van der Waals surface area contributed by atoms with E-state index in [2.05, 4.69) is 15.9 Å². The van der Waals surface area contributed by atoms with Gasteiger partial charge < -0.3 is 10.8 Å². The van der Waals surface area contributed by atoms with E-state index in [-0.39, 0.29) is 0 Å². The van der Waals surface area contributed by atoms with Crippen molar-refractivity contribution in [1.82, 2.24) is 0 Å². The number of benzene rings is 1. The van der Waals surface area contributed by atoms with E-state index in [9.17, 15) is 4.79 Å². The maximum absolute atomic E-state index is 10.5. The molecule has 0 fully saturated rings. The first kappa shape index (κ1) is 13.5. The van der Waals surface area contributed by atoms with E-state index in [1.54, 1.807) is 11.8 Å². The quantitative estimate of drug-likeness (QED) is 0.793. The van der Waals surface area contributed by atoms with Crippen LogP contribution in [0.1, 0.15) is 12.0 Å². The highest BCUT2D eigenvalue weighted by molar-refractivity contribution is 9.10. The second kappa shape index (κ2) is 6.93. The summed E-state index contributed by atoms with van der Waals surface area (Å²) in [6, 6.07) is 7.36. The first-order valence-corrected chi connectivity index (χ1v) is 6.85. The van der Waals surface area contributed by atoms with Gasteiger partial charge in [0.15, 0.2) is 0 Å². The number of rotatable bonds is 6. The molecule has 1 rings (SSSR count). The summed E-state index contributed by atoms with van der Waals surface area (Å²) in [7, 11) is 0. The van der Waals surface area contributed by atoms with E-state index in [1.807, 2.05) is 24.3 Å². The summed E-state index contributed by atoms with van der Waals surface area (Å²) in [4.78, 5) is 10.5. The summed E-state index contributed by atoms with van der Waals surface area (Å²) in [5, 5.41) is 8.59. The van der Waals surface area contributed by atoms with Crippen LogP contribution in [0.25, 0.3) is 0 Å². The lowest BCUT2D eigenvalue weighted by Gasteiger charge is -2.05. The Balaban J connectivity index is 2.21. The van der Waals surface area contributed by atoms with Crippen LogP contribution in [-0.4, -0.2) is 22.9 Å². The summed E-state index contributed by atoms with van der Waals surface area (Å²) in [5.74, 6) is 0.729. The van der Waals surface area contributed by atoms with Crippen molar-refractivity contribution in [1.29, 1.82) is 0 Å². The average molecular weight is 304 g/mol. The molecule has 0 aliphatic heterocycles. The van der Waals surface area contributed by atoms with Gasteiger partial charge in [-0.1, -0.05) is 28.1 Å². The van der Waals surface area contributed by atoms with Gasteiger partial charge in [-0.25, -0.2) is 0 Å². The number of carboxylic acid groups (broad SMARTS) is 1. The maximum atomic E-state index is 10.5. The standard InChI is InChI=1S/C11H14BrNO2S/c12-9-3-1-8(2-4-9)7-16-6-5-10(13)11(14)15/h1-4,10H,5-7,13H2,(H,14,15)/t10-/m0/s1. The predicted octanol–water partition coefficient (Wildman–Crippen LogP) is 2.48. The number of hydrogen-bond acceptors (Lipinski definition) is 3. The van der Waals surface area contributed by atoms with Crippen LogP contribution in [0.4, 0.5) is 0 Å². The lowest BCUT2D eigenvalue weighted by Crippen LogP contribution is -2.30. The molecule has 3 nitrogen and oxygen atoms in total. The Morgan fingerprint density at radius 3 is 2.62 bits per heavy atom. The van der Waals surface area contributed by atoms with Crippen LogP contribution >= 0.6 is 27.7 Å². The van der Waals surface area contributed by atoms with Crippen molar-refractivity contribution in [3.8, 4) is 0 Å². The minimum atomic E-state index is -0.927. The van der Waals surface area contributed by atoms with Crippen LogP contribution in [0, 0.1) is 0 Å². The van der Waals surface area contributed by atoms with Crippen LogP contribution < -0.4 is 5.73 Å². The number of aliphatic carboxylic acids is 1. The number of thioether (sulfide) groups is 1. The van der Waals surface area contributed by atoms with Gasteiger partial charge in [0.25, 0.3) is 0 Å². The van der Waals surface area contributed by atoms with E-state index in [1.165, 1.54) is 5.56 Å². The smallest absolute Gasteiger partial charge is 0.320 e. The molecule has 88 valence electrons. The minimum Gasteiger partial charge on any atom is -0.480 e. The highest BCUT2D eigenvalue weighted by Gasteiger charge is 2.10. The largest absolute Gasteiger partial charge is 0.480 e. The van der Waals surface area contributed by atoms with Crippen LogP contribution in [0.5, 0.6) is 0 Å². The summed E-state index contributed by atoms with van der Waals surface area (Å²) < 4.78 is 1.06. The monoisotopic (exact) mass is 303 g/mol. The van der Waals surface area contributed by atoms with Gasteiger partial charge in [0.1, 0.15) is 6.04 Å². The lowest BCUT2D eigenvalue weighted by molar-refractivity contribution is -0.138. The molecule has 0 aliphatic carbocycles. The van der Waals surface area contributed by atoms with Gasteiger partial charge >= 0.3 is 5.97 Å². The number of hydrogen-bond donors (Lipinski definition) is 2. The van der Waals surface area contributed by atoms with Gasteiger partial charge in [0, 0.05) is 10.2 Å². The summed E-state index contributed by atoms with van der Waals surface area (Å²) in [6.07, 6.45) is 0.510. The third kappa shape index (κ3) is 5.01. The normalized spacial score (nSPS) is 12.4. The van der Waals surface area contributed by atoms with Gasteiger partial charge in [0.05, 0.1) is 0 Å². The van der Waals surface area contributed by atoms with Crippen molar-refractivity contribution in [3.63, 3.8) is 0 Å². The second-order valence-corrected chi connectivity index (χ2v) is 5.43. The molecule has 0 bridgehead atoms. The molecule has 16 heavy (non-hydrogen) atoms. The van der Waals surface area contributed by atoms with Crippen LogP contribution in [0.2, 0.25) is 0 Å². The van der Waals surface area contributed by atoms with Crippen LogP contribution in [0.3, 0.4) is 0 Å². The number of halogens is 1. The van der Waals surface area contributed by atoms with Crippen LogP contribution in [-0.2, 0) is 10.5 Å². The maximum Gasteiger partial charge on any atom is 0.320 e. The Kier molecular flexibility index (Phi) is 5.87. The Hall–Kier alpha value is -0.520. The first-order chi connectivity index (χ1) is 7.59. The van der Waals surface area contributed by atoms with Crippen LogP contribution in [0.15, 0.2) is 28.7 Å². The molecule has 5 heteroatoms. The molecule has 0 unspecified atom stereocenters. The van der Waals surface area contributed by atoms with Gasteiger partial charge in [-0.2, -0.15) is 11.8 Å². The Morgan fingerprint density at radius 1 is 1.44 bits per heavy atom. The molecule has 1 aromatic carbocycles. The second-order valence-electron chi connectivity index (χ2n) is 3.41. The van der Waals surface area contributed by atoms with Gasteiger partial charge in [-0.3, -0.25) is 4.79 Å². The van der Waals surface area contributed by atoms with E-state index < -0.39 is 12.0 Å². The number of carbonyl (C=O) groups is 1. The molecule has 3 N–H and O–H groups in total. The molecular formula is C11H14BrNO2S. The summed E-state index contributed by atoms with van der Waals surface area (Å²) in [5.41, 5.74) is 6.63. The molecule has 0 saturated heterocycles. The third-order valence-electron chi connectivity index (χ3n) is 2.07. The Morgan fingerprint density at radius 2 is 2.06 bits per heavy atom. The molecule has 1 aromatic rings. The molecule has 0 saturated carbocycles. The van der Waals surface area contributed by atoms with Crippen molar-refractivity contribution in [2.24, 2.45) is 5.73 Å². The fourth-order valence-electron chi connectivity index (χ4n) is 1.10. The lowest BCUT2D eigenvalue weighted by atomic mass is 10.2. The zero-order valence-electron chi connectivity index (χ0n) is 8.73. The molecule has 0 aliphatic rings. The SMILES string of the molecule is N[C@@H](CCSCc1ccc(Br)cc1)C(=O)O. The van der Waals surface area contributed by atoms with Gasteiger partial charge in [-0.05, 0) is 29.9 Å². The molecular weight excluding hydrogens is 290 g/mol. The fraction of sp³-hybridized carbons (Fsp3) is 0.364. The number of carboxylic acids is 1. The van der Waals surface area contributed by atoms with Crippen molar-refractivity contribution in [3.05, 3.63) is 34.3 Å². The molecule has 0 aromatic heterocycles. The van der Waals surface area contributed by atoms with E-state index in [4.69, 9.17) is 10.8 Å². The molecule has 0 amide bonds. The van der Waals surface area contributed by atoms with Crippen molar-refractivity contribution < 1.29 is 9.90 Å². The average Bonchev–Trinajstić information content (AvgIpc) is 2.26. The van der Waals surface area contributed by atoms with E-state index in [0.29, 0.717) is 6.42 Å². The zero-order valence-corrected chi connectivity index (χ0v) is 11.1. The predicted molar refractivity (Wildman–Crippen MR) is 70.5 cm³/mol. The Bertz CT molecular complexity index is 342. The number of nitrogens with two attached hydrogens (primary N) is 1. The fourth-order valence-corrected chi connectivity index (χ4v) is 2.36. The highest BCUT2D eigenvalue weighted by atomic mass is 79.9. The zero-order chi connectivity index (χ0) is 12.0. The first-order valence-electron chi connectivity index (χ1n) is 4.90. The van der Waals surface area contributed by atoms with Crippen molar-refractivity contribution in [2.75, 3.05) is 5.75 Å². The molecule has 1 atom stereocenters. The topological polar surface area (TPSA) is 63.3 Å². The molecule has 0 spiro atoms. The van der Waals surface area contributed by atoms with E-state index in [0.717, 1.165) is 16.0 Å². The van der Waals surface area contributed by atoms with Crippen molar-refractivity contribution >= 4 is 33.7 Å². The third-order valence-corrected chi connectivity index (χ3v) is 3.66. The Labute approximate surface area is 108 Å². The molecule has 0 radical (unpaired) electrons. The van der Waals surface area contributed by atoms with E-state index >= 15 is 0 Å². The minimum absolute atomic E-state index is 0.510. The summed E-state index contributed by atoms with van der Waals surface area (Å²) in [6.45, 7) is 0. The summed E-state index contributed by atoms with van der Waals surface area (Å²) >= 11 is 5.07. The highest BCUT2D eigenvalue weighted by Crippen LogP contribution is 2.16. The van der Waals surface area contributed by atoms with Gasteiger partial charge in [-0.15, -0.1) is 0 Å². The van der Waals surface area contributed by atoms with Crippen molar-refractivity contribution in [2.45, 2.75) is 18.2 Å². The molecule has 0 heterocycles. The van der Waals surface area contributed by atoms with Gasteiger partial charge in [0.2, 0.25) is 0 Å².